The van der Waals surface area contributed by atoms with E-state index >= 15 is 0 Å². The van der Waals surface area contributed by atoms with Gasteiger partial charge in [-0.1, -0.05) is 74.5 Å². The molecule has 0 bridgehead atoms. The number of amides is 1. The molecule has 0 fully saturated rings. The lowest BCUT2D eigenvalue weighted by Crippen LogP contribution is -2.33. The number of benzene rings is 2. The Bertz CT molecular complexity index is 1180. The van der Waals surface area contributed by atoms with Crippen LogP contribution in [0.4, 0.5) is 0 Å². The van der Waals surface area contributed by atoms with Crippen LogP contribution in [0, 0.1) is 0 Å². The van der Waals surface area contributed by atoms with Crippen LogP contribution >= 0.6 is 0 Å². The highest BCUT2D eigenvalue weighted by Crippen LogP contribution is 2.18. The van der Waals surface area contributed by atoms with Gasteiger partial charge in [-0.2, -0.15) is 5.10 Å². The highest BCUT2D eigenvalue weighted by molar-refractivity contribution is 7.89. The molecule has 10 heteroatoms. The molecule has 200 valence electrons. The molecule has 0 unspecified atom stereocenters. The molecule has 3 aromatic rings. The van der Waals surface area contributed by atoms with Crippen molar-refractivity contribution >= 4 is 15.9 Å². The van der Waals surface area contributed by atoms with Gasteiger partial charge in [0.2, 0.25) is 15.9 Å². The molecule has 0 aliphatic heterocycles. The first-order valence-electron chi connectivity index (χ1n) is 12.9. The van der Waals surface area contributed by atoms with Gasteiger partial charge in [-0.25, -0.2) is 18.1 Å². The number of aromatic nitrogens is 3. The first-order chi connectivity index (χ1) is 17.9. The van der Waals surface area contributed by atoms with E-state index in [2.05, 4.69) is 44.0 Å². The van der Waals surface area contributed by atoms with Crippen molar-refractivity contribution in [1.29, 1.82) is 0 Å². The molecule has 0 aliphatic rings. The average Bonchev–Trinajstić information content (AvgIpc) is 3.38. The Kier molecular flexibility index (Phi) is 11.2. The normalized spacial score (nSPS) is 12.5. The zero-order chi connectivity index (χ0) is 26.5. The lowest BCUT2D eigenvalue weighted by atomic mass is 10.1. The summed E-state index contributed by atoms with van der Waals surface area (Å²) in [6, 6.07) is 18.8. The number of H-pyrrole nitrogens is 1. The van der Waals surface area contributed by atoms with Gasteiger partial charge >= 0.3 is 0 Å². The van der Waals surface area contributed by atoms with Crippen molar-refractivity contribution in [3.8, 4) is 0 Å². The number of carbonyl (C=O) groups excluding carboxylic acids is 1. The van der Waals surface area contributed by atoms with Gasteiger partial charge in [0.1, 0.15) is 5.82 Å². The molecule has 2 aromatic carbocycles. The van der Waals surface area contributed by atoms with Crippen LogP contribution in [0.15, 0.2) is 60.7 Å². The SMILES string of the molecule is CCN(CC)CCCS(=O)(=O)N[C@H](CCc1ccccc1)c1n[nH]c(CNC(=O)Cc2ccccc2)n1. The van der Waals surface area contributed by atoms with Crippen LogP contribution in [0.25, 0.3) is 0 Å². The minimum Gasteiger partial charge on any atom is -0.349 e. The molecular formula is C27H38N6O3S. The highest BCUT2D eigenvalue weighted by Gasteiger charge is 2.23. The van der Waals surface area contributed by atoms with E-state index in [9.17, 15) is 13.2 Å². The van der Waals surface area contributed by atoms with E-state index in [0.29, 0.717) is 30.9 Å². The van der Waals surface area contributed by atoms with E-state index < -0.39 is 16.1 Å². The van der Waals surface area contributed by atoms with Gasteiger partial charge in [0.25, 0.3) is 0 Å². The Morgan fingerprint density at radius 2 is 1.65 bits per heavy atom. The summed E-state index contributed by atoms with van der Waals surface area (Å²) >= 11 is 0. The second-order valence-electron chi connectivity index (χ2n) is 8.97. The second kappa shape index (κ2) is 14.6. The highest BCUT2D eigenvalue weighted by atomic mass is 32.2. The van der Waals surface area contributed by atoms with Crippen LogP contribution in [0.3, 0.4) is 0 Å². The van der Waals surface area contributed by atoms with Gasteiger partial charge in [0, 0.05) is 0 Å². The topological polar surface area (TPSA) is 120 Å². The standard InChI is InChI=1S/C27H38N6O3S/c1-3-33(4-2)18-11-19-37(35,36)32-24(17-16-22-12-7-5-8-13-22)27-29-25(30-31-27)21-28-26(34)20-23-14-9-6-10-15-23/h5-10,12-15,24,32H,3-4,11,16-21H2,1-2H3,(H,28,34)(H,29,30,31)/t24-/m1/s1. The van der Waals surface area contributed by atoms with Crippen LogP contribution < -0.4 is 10.0 Å². The molecule has 1 atom stereocenters. The number of hydrogen-bond donors (Lipinski definition) is 3. The Labute approximate surface area is 220 Å². The molecule has 0 aliphatic carbocycles. The minimum absolute atomic E-state index is 0.0398. The van der Waals surface area contributed by atoms with Crippen LogP contribution in [0.2, 0.25) is 0 Å². The Balaban J connectivity index is 1.62. The maximum atomic E-state index is 12.9. The summed E-state index contributed by atoms with van der Waals surface area (Å²) in [5.41, 5.74) is 2.03. The van der Waals surface area contributed by atoms with Gasteiger partial charge in [-0.15, -0.1) is 0 Å². The van der Waals surface area contributed by atoms with Gasteiger partial charge in [0.15, 0.2) is 5.82 Å². The lowest BCUT2D eigenvalue weighted by molar-refractivity contribution is -0.120. The lowest BCUT2D eigenvalue weighted by Gasteiger charge is -2.19. The average molecular weight is 527 g/mol. The maximum Gasteiger partial charge on any atom is 0.224 e. The van der Waals surface area contributed by atoms with Crippen molar-refractivity contribution in [2.45, 2.75) is 52.1 Å². The molecule has 3 N–H and O–H groups in total. The molecule has 0 spiro atoms. The number of sulfonamides is 1. The smallest absolute Gasteiger partial charge is 0.224 e. The number of nitrogens with one attached hydrogen (secondary N) is 3. The monoisotopic (exact) mass is 526 g/mol. The zero-order valence-corrected chi connectivity index (χ0v) is 22.5. The van der Waals surface area contributed by atoms with Gasteiger partial charge in [-0.3, -0.25) is 9.89 Å². The van der Waals surface area contributed by atoms with Crippen LogP contribution in [0.1, 0.15) is 55.5 Å². The summed E-state index contributed by atoms with van der Waals surface area (Å²) < 4.78 is 28.7. The summed E-state index contributed by atoms with van der Waals surface area (Å²) in [5, 5.41) is 9.97. The molecule has 0 saturated heterocycles. The Morgan fingerprint density at radius 3 is 2.30 bits per heavy atom. The summed E-state index contributed by atoms with van der Waals surface area (Å²) in [6.07, 6.45) is 2.01. The van der Waals surface area contributed by atoms with Crippen molar-refractivity contribution in [3.63, 3.8) is 0 Å². The van der Waals surface area contributed by atoms with Crippen LogP contribution in [-0.4, -0.2) is 59.8 Å². The third-order valence-electron chi connectivity index (χ3n) is 6.19. The fourth-order valence-electron chi connectivity index (χ4n) is 4.06. The van der Waals surface area contributed by atoms with Crippen molar-refractivity contribution < 1.29 is 13.2 Å². The quantitative estimate of drug-likeness (QED) is 0.264. The number of aromatic amines is 1. The molecule has 1 aromatic heterocycles. The molecule has 1 heterocycles. The molecule has 37 heavy (non-hydrogen) atoms. The third kappa shape index (κ3) is 10.1. The first kappa shape index (κ1) is 28.5. The van der Waals surface area contributed by atoms with E-state index in [4.69, 9.17) is 0 Å². The summed E-state index contributed by atoms with van der Waals surface area (Å²) in [4.78, 5) is 19.0. The third-order valence-corrected chi connectivity index (χ3v) is 7.66. The Morgan fingerprint density at radius 1 is 1.00 bits per heavy atom. The molecule has 0 radical (unpaired) electrons. The number of carbonyl (C=O) groups is 1. The van der Waals surface area contributed by atoms with Gasteiger partial charge in [-0.05, 0) is 50.0 Å². The van der Waals surface area contributed by atoms with Crippen molar-refractivity contribution in [1.82, 2.24) is 30.1 Å². The molecule has 0 saturated carbocycles. The predicted octanol–water partition coefficient (Wildman–Crippen LogP) is 2.99. The van der Waals surface area contributed by atoms with E-state index in [1.165, 1.54) is 0 Å². The van der Waals surface area contributed by atoms with E-state index in [1.807, 2.05) is 60.7 Å². The molecule has 9 nitrogen and oxygen atoms in total. The minimum atomic E-state index is -3.54. The maximum absolute atomic E-state index is 12.9. The van der Waals surface area contributed by atoms with Gasteiger partial charge < -0.3 is 10.2 Å². The summed E-state index contributed by atoms with van der Waals surface area (Å²) in [5.74, 6) is 0.758. The molecule has 3 rings (SSSR count). The van der Waals surface area contributed by atoms with Crippen LogP contribution in [0.5, 0.6) is 0 Å². The number of nitrogens with zero attached hydrogens (tertiary/aromatic N) is 3. The van der Waals surface area contributed by atoms with E-state index in [-0.39, 0.29) is 24.6 Å². The fraction of sp³-hybridized carbons (Fsp3) is 0.444. The fourth-order valence-corrected chi connectivity index (χ4v) is 5.34. The zero-order valence-electron chi connectivity index (χ0n) is 21.7. The predicted molar refractivity (Wildman–Crippen MR) is 145 cm³/mol. The number of aryl methyl sites for hydroxylation is 1. The number of rotatable bonds is 16. The van der Waals surface area contributed by atoms with E-state index in [1.54, 1.807) is 0 Å². The van der Waals surface area contributed by atoms with Gasteiger partial charge in [0.05, 0.1) is 24.8 Å². The molecular weight excluding hydrogens is 488 g/mol. The first-order valence-corrected chi connectivity index (χ1v) is 14.5. The Hall–Kier alpha value is -3.08. The number of hydrogen-bond acceptors (Lipinski definition) is 6. The largest absolute Gasteiger partial charge is 0.349 e. The van der Waals surface area contributed by atoms with Crippen molar-refractivity contribution in [2.75, 3.05) is 25.4 Å². The van der Waals surface area contributed by atoms with Crippen molar-refractivity contribution in [3.05, 3.63) is 83.4 Å². The van der Waals surface area contributed by atoms with Crippen LogP contribution in [-0.2, 0) is 34.2 Å². The van der Waals surface area contributed by atoms with Crippen molar-refractivity contribution in [2.24, 2.45) is 0 Å². The summed E-state index contributed by atoms with van der Waals surface area (Å²) in [6.45, 7) is 6.84. The second-order valence-corrected chi connectivity index (χ2v) is 10.8. The molecule has 1 amide bonds. The van der Waals surface area contributed by atoms with E-state index in [0.717, 1.165) is 30.8 Å². The summed E-state index contributed by atoms with van der Waals surface area (Å²) in [7, 11) is -3.54.